The van der Waals surface area contributed by atoms with Crippen molar-refractivity contribution in [2.24, 2.45) is 7.05 Å². The Kier molecular flexibility index (Phi) is 2.55. The second kappa shape index (κ2) is 3.78. The van der Waals surface area contributed by atoms with Gasteiger partial charge in [-0.15, -0.1) is 0 Å². The van der Waals surface area contributed by atoms with Crippen molar-refractivity contribution in [1.82, 2.24) is 4.57 Å². The van der Waals surface area contributed by atoms with Gasteiger partial charge in [-0.1, -0.05) is 11.6 Å². The van der Waals surface area contributed by atoms with Crippen LogP contribution in [0.15, 0.2) is 23.0 Å². The highest BCUT2D eigenvalue weighted by Gasteiger charge is 2.19. The molecule has 88 valence electrons. The monoisotopic (exact) mass is 253 g/mol. The molecule has 1 heterocycles. The SMILES string of the molecule is Cn1c(C(=O)O)c(O)c2ccc(Cl)cc2c1=O. The molecule has 0 amide bonds. The van der Waals surface area contributed by atoms with Gasteiger partial charge >= 0.3 is 5.97 Å². The molecule has 6 heteroatoms. The van der Waals surface area contributed by atoms with Gasteiger partial charge in [0.1, 0.15) is 0 Å². The Hall–Kier alpha value is -2.01. The first kappa shape index (κ1) is 11.5. The second-order valence-electron chi connectivity index (χ2n) is 3.56. The number of carboxylic acids is 1. The van der Waals surface area contributed by atoms with Crippen LogP contribution in [-0.2, 0) is 7.05 Å². The van der Waals surface area contributed by atoms with Gasteiger partial charge in [-0.3, -0.25) is 4.79 Å². The van der Waals surface area contributed by atoms with Crippen LogP contribution in [-0.4, -0.2) is 20.7 Å². The molecule has 0 unspecified atom stereocenters. The summed E-state index contributed by atoms with van der Waals surface area (Å²) in [4.78, 5) is 22.8. The van der Waals surface area contributed by atoms with Gasteiger partial charge in [0, 0.05) is 17.5 Å². The highest BCUT2D eigenvalue weighted by Crippen LogP contribution is 2.27. The third kappa shape index (κ3) is 1.64. The van der Waals surface area contributed by atoms with Gasteiger partial charge in [-0.25, -0.2) is 4.79 Å². The van der Waals surface area contributed by atoms with Gasteiger partial charge in [-0.05, 0) is 18.2 Å². The van der Waals surface area contributed by atoms with Crippen LogP contribution in [0.5, 0.6) is 5.75 Å². The summed E-state index contributed by atoms with van der Waals surface area (Å²) >= 11 is 5.75. The summed E-state index contributed by atoms with van der Waals surface area (Å²) in [5.74, 6) is -1.80. The molecule has 5 nitrogen and oxygen atoms in total. The van der Waals surface area contributed by atoms with Crippen molar-refractivity contribution < 1.29 is 15.0 Å². The average molecular weight is 254 g/mol. The van der Waals surface area contributed by atoms with Crippen LogP contribution in [0, 0.1) is 0 Å². The molecule has 0 aliphatic carbocycles. The van der Waals surface area contributed by atoms with Crippen molar-refractivity contribution in [2.45, 2.75) is 0 Å². The molecule has 0 spiro atoms. The standard InChI is InChI=1S/C11H8ClNO4/c1-13-8(11(16)17)9(14)6-3-2-5(12)4-7(6)10(13)15/h2-4,14H,1H3,(H,16,17). The minimum Gasteiger partial charge on any atom is -0.505 e. The molecule has 0 atom stereocenters. The Morgan fingerprint density at radius 1 is 1.35 bits per heavy atom. The molecule has 0 radical (unpaired) electrons. The molecule has 0 aliphatic rings. The fourth-order valence-electron chi connectivity index (χ4n) is 1.71. The molecule has 1 aromatic carbocycles. The quantitative estimate of drug-likeness (QED) is 0.809. The Balaban J connectivity index is 3.05. The Bertz CT molecular complexity index is 690. The third-order valence-electron chi connectivity index (χ3n) is 2.53. The fraction of sp³-hybridized carbons (Fsp3) is 0.0909. The van der Waals surface area contributed by atoms with Gasteiger partial charge in [0.15, 0.2) is 11.4 Å². The lowest BCUT2D eigenvalue weighted by molar-refractivity contribution is 0.0681. The zero-order chi connectivity index (χ0) is 12.7. The maximum Gasteiger partial charge on any atom is 0.356 e. The largest absolute Gasteiger partial charge is 0.505 e. The second-order valence-corrected chi connectivity index (χ2v) is 3.99. The van der Waals surface area contributed by atoms with Crippen molar-refractivity contribution in [1.29, 1.82) is 0 Å². The normalized spacial score (nSPS) is 10.7. The Morgan fingerprint density at radius 3 is 2.59 bits per heavy atom. The number of carbonyl (C=O) groups is 1. The predicted molar refractivity (Wildman–Crippen MR) is 62.8 cm³/mol. The molecule has 0 saturated carbocycles. The van der Waals surface area contributed by atoms with E-state index in [0.29, 0.717) is 5.02 Å². The van der Waals surface area contributed by atoms with Crippen molar-refractivity contribution in [3.63, 3.8) is 0 Å². The number of aromatic hydroxyl groups is 1. The van der Waals surface area contributed by atoms with E-state index in [1.165, 1.54) is 25.2 Å². The molecular formula is C11H8ClNO4. The van der Waals surface area contributed by atoms with Crippen LogP contribution in [0.25, 0.3) is 10.8 Å². The number of nitrogens with zero attached hydrogens (tertiary/aromatic N) is 1. The summed E-state index contributed by atoms with van der Waals surface area (Å²) in [6.07, 6.45) is 0. The van der Waals surface area contributed by atoms with Gasteiger partial charge in [0.2, 0.25) is 0 Å². The van der Waals surface area contributed by atoms with Crippen molar-refractivity contribution in [2.75, 3.05) is 0 Å². The number of carboxylic acid groups (broad SMARTS) is 1. The number of fused-ring (bicyclic) bond motifs is 1. The highest BCUT2D eigenvalue weighted by molar-refractivity contribution is 6.31. The van der Waals surface area contributed by atoms with Crippen LogP contribution >= 0.6 is 11.6 Å². The fourth-order valence-corrected chi connectivity index (χ4v) is 1.89. The Labute approximate surface area is 100 Å². The average Bonchev–Trinajstić information content (AvgIpc) is 2.25. The minimum atomic E-state index is -1.36. The molecule has 2 rings (SSSR count). The van der Waals surface area contributed by atoms with E-state index in [4.69, 9.17) is 16.7 Å². The van der Waals surface area contributed by atoms with E-state index in [2.05, 4.69) is 0 Å². The summed E-state index contributed by atoms with van der Waals surface area (Å²) in [6, 6.07) is 4.29. The number of benzene rings is 1. The summed E-state index contributed by atoms with van der Waals surface area (Å²) in [7, 11) is 1.28. The number of hydrogen-bond acceptors (Lipinski definition) is 3. The van der Waals surface area contributed by atoms with E-state index in [1.54, 1.807) is 0 Å². The summed E-state index contributed by atoms with van der Waals surface area (Å²) in [5.41, 5.74) is -0.956. The predicted octanol–water partition coefficient (Wildman–Crippen LogP) is 1.60. The minimum absolute atomic E-state index is 0.176. The van der Waals surface area contributed by atoms with E-state index >= 15 is 0 Å². The number of aromatic carboxylic acids is 1. The van der Waals surface area contributed by atoms with Crippen LogP contribution < -0.4 is 5.56 Å². The lowest BCUT2D eigenvalue weighted by atomic mass is 10.1. The van der Waals surface area contributed by atoms with Crippen molar-refractivity contribution >= 4 is 28.3 Å². The van der Waals surface area contributed by atoms with Crippen LogP contribution in [0.4, 0.5) is 0 Å². The molecule has 0 fully saturated rings. The van der Waals surface area contributed by atoms with Gasteiger partial charge in [-0.2, -0.15) is 0 Å². The zero-order valence-electron chi connectivity index (χ0n) is 8.77. The number of hydrogen-bond donors (Lipinski definition) is 2. The molecule has 2 aromatic rings. The third-order valence-corrected chi connectivity index (χ3v) is 2.77. The summed E-state index contributed by atoms with van der Waals surface area (Å²) in [6.45, 7) is 0. The van der Waals surface area contributed by atoms with Crippen molar-refractivity contribution in [3.05, 3.63) is 39.3 Å². The zero-order valence-corrected chi connectivity index (χ0v) is 9.52. The van der Waals surface area contributed by atoms with Gasteiger partial charge < -0.3 is 14.8 Å². The molecule has 1 aromatic heterocycles. The first-order chi connectivity index (χ1) is 7.93. The molecule has 0 aliphatic heterocycles. The first-order valence-electron chi connectivity index (χ1n) is 4.68. The van der Waals surface area contributed by atoms with Crippen LogP contribution in [0.1, 0.15) is 10.5 Å². The topological polar surface area (TPSA) is 79.5 Å². The maximum absolute atomic E-state index is 11.9. The number of aromatic nitrogens is 1. The van der Waals surface area contributed by atoms with Crippen molar-refractivity contribution in [3.8, 4) is 5.75 Å². The molecule has 2 N–H and O–H groups in total. The summed E-state index contributed by atoms with van der Waals surface area (Å²) < 4.78 is 0.885. The van der Waals surface area contributed by atoms with Gasteiger partial charge in [0.05, 0.1) is 5.39 Å². The van der Waals surface area contributed by atoms with E-state index in [0.717, 1.165) is 4.57 Å². The van der Waals surface area contributed by atoms with E-state index in [1.807, 2.05) is 0 Å². The maximum atomic E-state index is 11.9. The smallest absolute Gasteiger partial charge is 0.356 e. The van der Waals surface area contributed by atoms with E-state index in [9.17, 15) is 14.7 Å². The molecular weight excluding hydrogens is 246 g/mol. The molecule has 17 heavy (non-hydrogen) atoms. The summed E-state index contributed by atoms with van der Waals surface area (Å²) in [5, 5.41) is 19.5. The van der Waals surface area contributed by atoms with E-state index < -0.39 is 23.0 Å². The van der Waals surface area contributed by atoms with Gasteiger partial charge in [0.25, 0.3) is 5.56 Å². The highest BCUT2D eigenvalue weighted by atomic mass is 35.5. The number of halogens is 1. The first-order valence-corrected chi connectivity index (χ1v) is 5.05. The number of pyridine rings is 1. The van der Waals surface area contributed by atoms with Crippen LogP contribution in [0.3, 0.4) is 0 Å². The number of rotatable bonds is 1. The Morgan fingerprint density at radius 2 is 2.00 bits per heavy atom. The van der Waals surface area contributed by atoms with E-state index in [-0.39, 0.29) is 10.8 Å². The molecule has 0 saturated heterocycles. The van der Waals surface area contributed by atoms with Crippen LogP contribution in [0.2, 0.25) is 5.02 Å². The lowest BCUT2D eigenvalue weighted by Crippen LogP contribution is -2.23. The molecule has 0 bridgehead atoms. The lowest BCUT2D eigenvalue weighted by Gasteiger charge is -2.09.